The molecule has 2 aliphatic rings. The number of hydrogen-bond acceptors (Lipinski definition) is 3. The van der Waals surface area contributed by atoms with Gasteiger partial charge in [-0.1, -0.05) is 30.3 Å². The molecule has 94 valence electrons. The SMILES string of the molecule is O=C1C2CSCC2=NN1CCCc1ccccc1. The molecule has 0 radical (unpaired) electrons. The summed E-state index contributed by atoms with van der Waals surface area (Å²) in [6.45, 7) is 0.748. The molecule has 0 spiro atoms. The maximum atomic E-state index is 12.0. The van der Waals surface area contributed by atoms with Gasteiger partial charge in [-0.2, -0.15) is 16.9 Å². The van der Waals surface area contributed by atoms with Gasteiger partial charge < -0.3 is 0 Å². The monoisotopic (exact) mass is 260 g/mol. The van der Waals surface area contributed by atoms with Crippen molar-refractivity contribution in [2.24, 2.45) is 11.0 Å². The Morgan fingerprint density at radius 1 is 1.33 bits per heavy atom. The van der Waals surface area contributed by atoms with Crippen molar-refractivity contribution >= 4 is 23.4 Å². The van der Waals surface area contributed by atoms with Gasteiger partial charge in [0.1, 0.15) is 0 Å². The summed E-state index contributed by atoms with van der Waals surface area (Å²) in [5, 5.41) is 6.13. The molecule has 1 unspecified atom stereocenters. The van der Waals surface area contributed by atoms with Crippen molar-refractivity contribution < 1.29 is 4.79 Å². The first-order chi connectivity index (χ1) is 8.84. The smallest absolute Gasteiger partial charge is 0.252 e. The van der Waals surface area contributed by atoms with E-state index in [-0.39, 0.29) is 11.8 Å². The molecule has 2 heterocycles. The second-order valence-corrected chi connectivity index (χ2v) is 5.74. The van der Waals surface area contributed by atoms with Crippen molar-refractivity contribution in [1.82, 2.24) is 5.01 Å². The zero-order valence-electron chi connectivity index (χ0n) is 10.2. The molecule has 18 heavy (non-hydrogen) atoms. The van der Waals surface area contributed by atoms with Gasteiger partial charge in [-0.15, -0.1) is 0 Å². The Hall–Kier alpha value is -1.29. The second-order valence-electron chi connectivity index (χ2n) is 4.71. The average molecular weight is 260 g/mol. The summed E-state index contributed by atoms with van der Waals surface area (Å²) in [6.07, 6.45) is 1.99. The minimum Gasteiger partial charge on any atom is -0.272 e. The van der Waals surface area contributed by atoms with E-state index in [0.29, 0.717) is 0 Å². The highest BCUT2D eigenvalue weighted by atomic mass is 32.2. The van der Waals surface area contributed by atoms with E-state index < -0.39 is 0 Å². The number of carbonyl (C=O) groups excluding carboxylic acids is 1. The Morgan fingerprint density at radius 3 is 2.94 bits per heavy atom. The molecule has 1 aromatic rings. The Labute approximate surface area is 111 Å². The quantitative estimate of drug-likeness (QED) is 0.831. The van der Waals surface area contributed by atoms with Crippen LogP contribution in [0.3, 0.4) is 0 Å². The van der Waals surface area contributed by atoms with Gasteiger partial charge in [0.25, 0.3) is 5.91 Å². The van der Waals surface area contributed by atoms with Crippen LogP contribution in [-0.4, -0.2) is 34.7 Å². The van der Waals surface area contributed by atoms with Crippen LogP contribution < -0.4 is 0 Å². The predicted molar refractivity (Wildman–Crippen MR) is 74.7 cm³/mol. The van der Waals surface area contributed by atoms with Crippen molar-refractivity contribution in [2.75, 3.05) is 18.1 Å². The third-order valence-electron chi connectivity index (χ3n) is 3.42. The summed E-state index contributed by atoms with van der Waals surface area (Å²) in [5.74, 6) is 2.16. The first-order valence-electron chi connectivity index (χ1n) is 6.35. The predicted octanol–water partition coefficient (Wildman–Crippen LogP) is 2.18. The van der Waals surface area contributed by atoms with Crippen LogP contribution in [0.15, 0.2) is 35.4 Å². The number of rotatable bonds is 4. The summed E-state index contributed by atoms with van der Waals surface area (Å²) in [6, 6.07) is 10.4. The van der Waals surface area contributed by atoms with Crippen LogP contribution in [0, 0.1) is 5.92 Å². The van der Waals surface area contributed by atoms with E-state index >= 15 is 0 Å². The lowest BCUT2D eigenvalue weighted by Gasteiger charge is -2.13. The molecule has 1 aromatic carbocycles. The number of carbonyl (C=O) groups is 1. The molecule has 1 saturated heterocycles. The molecule has 0 aromatic heterocycles. The van der Waals surface area contributed by atoms with E-state index in [0.717, 1.165) is 36.6 Å². The molecule has 1 fully saturated rings. The number of aryl methyl sites for hydroxylation is 1. The lowest BCUT2D eigenvalue weighted by atomic mass is 10.1. The zero-order valence-corrected chi connectivity index (χ0v) is 11.0. The number of hydrogen-bond donors (Lipinski definition) is 0. The van der Waals surface area contributed by atoms with Crippen LogP contribution >= 0.6 is 11.8 Å². The summed E-state index contributed by atoms with van der Waals surface area (Å²) in [5.41, 5.74) is 2.41. The largest absolute Gasteiger partial charge is 0.272 e. The average Bonchev–Trinajstić information content (AvgIpc) is 2.96. The van der Waals surface area contributed by atoms with E-state index in [4.69, 9.17) is 0 Å². The van der Waals surface area contributed by atoms with Gasteiger partial charge in [0, 0.05) is 18.1 Å². The molecule has 3 nitrogen and oxygen atoms in total. The van der Waals surface area contributed by atoms with Crippen molar-refractivity contribution in [3.8, 4) is 0 Å². The summed E-state index contributed by atoms with van der Waals surface area (Å²) < 4.78 is 0. The molecule has 0 N–H and O–H groups in total. The van der Waals surface area contributed by atoms with Crippen LogP contribution in [0.4, 0.5) is 0 Å². The Balaban J connectivity index is 1.53. The van der Waals surface area contributed by atoms with Crippen molar-refractivity contribution in [3.05, 3.63) is 35.9 Å². The Bertz CT molecular complexity index is 472. The lowest BCUT2D eigenvalue weighted by molar-refractivity contribution is -0.131. The van der Waals surface area contributed by atoms with Gasteiger partial charge in [0.2, 0.25) is 0 Å². The minimum absolute atomic E-state index is 0.0896. The number of benzene rings is 1. The Kier molecular flexibility index (Phi) is 3.37. The van der Waals surface area contributed by atoms with E-state index in [1.807, 2.05) is 17.8 Å². The van der Waals surface area contributed by atoms with Crippen molar-refractivity contribution in [3.63, 3.8) is 0 Å². The maximum absolute atomic E-state index is 12.0. The molecule has 2 aliphatic heterocycles. The zero-order chi connectivity index (χ0) is 12.4. The van der Waals surface area contributed by atoms with Gasteiger partial charge in [-0.3, -0.25) is 4.79 Å². The fraction of sp³-hybridized carbons (Fsp3) is 0.429. The van der Waals surface area contributed by atoms with Gasteiger partial charge >= 0.3 is 0 Å². The molecule has 3 rings (SSSR count). The van der Waals surface area contributed by atoms with E-state index in [2.05, 4.69) is 29.4 Å². The topological polar surface area (TPSA) is 32.7 Å². The Morgan fingerprint density at radius 2 is 2.17 bits per heavy atom. The summed E-state index contributed by atoms with van der Waals surface area (Å²) >= 11 is 1.81. The van der Waals surface area contributed by atoms with Crippen LogP contribution in [0.25, 0.3) is 0 Å². The highest BCUT2D eigenvalue weighted by Gasteiger charge is 2.38. The van der Waals surface area contributed by atoms with Crippen LogP contribution in [0.1, 0.15) is 12.0 Å². The number of thioether (sulfide) groups is 1. The molecule has 0 bridgehead atoms. The van der Waals surface area contributed by atoms with E-state index in [1.54, 1.807) is 5.01 Å². The van der Waals surface area contributed by atoms with Crippen LogP contribution in [-0.2, 0) is 11.2 Å². The first kappa shape index (κ1) is 11.8. The fourth-order valence-electron chi connectivity index (χ4n) is 2.41. The maximum Gasteiger partial charge on any atom is 0.252 e. The molecule has 4 heteroatoms. The third-order valence-corrected chi connectivity index (χ3v) is 4.49. The molecule has 1 atom stereocenters. The highest BCUT2D eigenvalue weighted by molar-refractivity contribution is 8.00. The molecular weight excluding hydrogens is 244 g/mol. The van der Waals surface area contributed by atoms with Gasteiger partial charge in [0.15, 0.2) is 0 Å². The lowest BCUT2D eigenvalue weighted by Crippen LogP contribution is -2.28. The van der Waals surface area contributed by atoms with Gasteiger partial charge in [-0.25, -0.2) is 5.01 Å². The number of nitrogens with zero attached hydrogens (tertiary/aromatic N) is 2. The standard InChI is InChI=1S/C14H16N2OS/c17-14-12-9-18-10-13(12)15-16(14)8-4-7-11-5-2-1-3-6-11/h1-3,5-6,12H,4,7-10H2. The van der Waals surface area contributed by atoms with Crippen LogP contribution in [0.5, 0.6) is 0 Å². The molecule has 0 aliphatic carbocycles. The van der Waals surface area contributed by atoms with Crippen molar-refractivity contribution in [2.45, 2.75) is 12.8 Å². The number of amides is 1. The summed E-state index contributed by atoms with van der Waals surface area (Å²) in [4.78, 5) is 12.0. The normalized spacial score (nSPS) is 22.2. The highest BCUT2D eigenvalue weighted by Crippen LogP contribution is 2.28. The van der Waals surface area contributed by atoms with Crippen molar-refractivity contribution in [1.29, 1.82) is 0 Å². The first-order valence-corrected chi connectivity index (χ1v) is 7.50. The van der Waals surface area contributed by atoms with Crippen LogP contribution in [0.2, 0.25) is 0 Å². The van der Waals surface area contributed by atoms with Gasteiger partial charge in [-0.05, 0) is 18.4 Å². The second kappa shape index (κ2) is 5.14. The molecular formula is C14H16N2OS. The van der Waals surface area contributed by atoms with E-state index in [9.17, 15) is 4.79 Å². The molecule has 1 amide bonds. The fourth-order valence-corrected chi connectivity index (χ4v) is 3.57. The summed E-state index contributed by atoms with van der Waals surface area (Å²) in [7, 11) is 0. The van der Waals surface area contributed by atoms with E-state index in [1.165, 1.54) is 5.56 Å². The number of hydrazone groups is 1. The number of fused-ring (bicyclic) bond motifs is 1. The minimum atomic E-state index is 0.0896. The third kappa shape index (κ3) is 2.29. The molecule has 0 saturated carbocycles. The van der Waals surface area contributed by atoms with Gasteiger partial charge in [0.05, 0.1) is 11.6 Å².